The highest BCUT2D eigenvalue weighted by Crippen LogP contribution is 2.04. The zero-order valence-corrected chi connectivity index (χ0v) is 10.8. The fourth-order valence-corrected chi connectivity index (χ4v) is 1.31. The number of rotatable bonds is 4. The van der Waals surface area contributed by atoms with Gasteiger partial charge >= 0.3 is 0 Å². The smallest absolute Gasteiger partial charge is 0.267 e. The molecule has 0 bridgehead atoms. The van der Waals surface area contributed by atoms with E-state index in [1.807, 2.05) is 44.6 Å². The van der Waals surface area contributed by atoms with Gasteiger partial charge in [-0.1, -0.05) is 13.8 Å². The van der Waals surface area contributed by atoms with E-state index in [0.29, 0.717) is 18.8 Å². The molecular weight excluding hydrogens is 204 g/mol. The fraction of sp³-hybridized carbons (Fsp3) is 0.583. The molecule has 1 aromatic heterocycles. The average molecular weight is 226 g/mol. The molecule has 0 aliphatic rings. The first kappa shape index (κ1) is 14.7. The number of aromatic nitrogens is 1. The molecule has 0 radical (unpaired) electrons. The molecule has 92 valence electrons. The second-order valence-electron chi connectivity index (χ2n) is 3.26. The number of hydrogen-bond donors (Lipinski definition) is 1. The van der Waals surface area contributed by atoms with E-state index in [9.17, 15) is 4.79 Å². The molecule has 4 heteroatoms. The van der Waals surface area contributed by atoms with Gasteiger partial charge in [0.25, 0.3) is 5.91 Å². The molecule has 0 saturated carbocycles. The number of ether oxygens (including phenoxy) is 1. The van der Waals surface area contributed by atoms with Crippen molar-refractivity contribution in [2.24, 2.45) is 7.05 Å². The number of hydrogen-bond acceptors (Lipinski definition) is 2. The summed E-state index contributed by atoms with van der Waals surface area (Å²) in [6.07, 6.45) is 1.92. The van der Waals surface area contributed by atoms with Gasteiger partial charge in [0.1, 0.15) is 5.69 Å². The molecule has 0 fully saturated rings. The Balaban J connectivity index is 0.00000106. The molecule has 0 atom stereocenters. The Morgan fingerprint density at radius 3 is 2.56 bits per heavy atom. The molecule has 1 N–H and O–H groups in total. The van der Waals surface area contributed by atoms with Crippen LogP contribution in [0.5, 0.6) is 0 Å². The summed E-state index contributed by atoms with van der Waals surface area (Å²) in [5.74, 6) is -0.0577. The number of nitrogens with zero attached hydrogens (tertiary/aromatic N) is 1. The average Bonchev–Trinajstić information content (AvgIpc) is 2.61. The van der Waals surface area contributed by atoms with Crippen molar-refractivity contribution in [1.82, 2.24) is 9.88 Å². The highest BCUT2D eigenvalue weighted by Gasteiger charge is 2.08. The summed E-state index contributed by atoms with van der Waals surface area (Å²) in [6, 6.07) is 1.86. The molecular formula is C12H22N2O2. The van der Waals surface area contributed by atoms with Crippen LogP contribution in [0.15, 0.2) is 12.3 Å². The summed E-state index contributed by atoms with van der Waals surface area (Å²) in [7, 11) is 3.47. The van der Waals surface area contributed by atoms with Crippen LogP contribution in [-0.2, 0) is 11.8 Å². The third-order valence-electron chi connectivity index (χ3n) is 1.97. The second-order valence-corrected chi connectivity index (χ2v) is 3.26. The lowest BCUT2D eigenvalue weighted by molar-refractivity contribution is 0.0929. The van der Waals surface area contributed by atoms with Crippen molar-refractivity contribution in [2.45, 2.75) is 20.8 Å². The minimum atomic E-state index is -0.0577. The summed E-state index contributed by atoms with van der Waals surface area (Å²) in [5.41, 5.74) is 1.77. The summed E-state index contributed by atoms with van der Waals surface area (Å²) < 4.78 is 6.66. The Kier molecular flexibility index (Phi) is 7.29. The van der Waals surface area contributed by atoms with Crippen molar-refractivity contribution in [3.63, 3.8) is 0 Å². The first-order chi connectivity index (χ1) is 7.65. The Bertz CT molecular complexity index is 319. The van der Waals surface area contributed by atoms with E-state index in [2.05, 4.69) is 5.32 Å². The number of carbonyl (C=O) groups excluding carboxylic acids is 1. The topological polar surface area (TPSA) is 43.3 Å². The van der Waals surface area contributed by atoms with Crippen LogP contribution < -0.4 is 5.32 Å². The molecule has 1 heterocycles. The van der Waals surface area contributed by atoms with E-state index in [1.54, 1.807) is 7.11 Å². The maximum absolute atomic E-state index is 11.6. The van der Waals surface area contributed by atoms with Crippen molar-refractivity contribution in [3.05, 3.63) is 23.5 Å². The zero-order chi connectivity index (χ0) is 12.6. The predicted octanol–water partition coefficient (Wildman–Crippen LogP) is 1.74. The Morgan fingerprint density at radius 1 is 1.50 bits per heavy atom. The van der Waals surface area contributed by atoms with Gasteiger partial charge in [0.15, 0.2) is 0 Å². The van der Waals surface area contributed by atoms with Crippen LogP contribution in [-0.4, -0.2) is 30.7 Å². The first-order valence-electron chi connectivity index (χ1n) is 5.55. The van der Waals surface area contributed by atoms with Gasteiger partial charge in [0, 0.05) is 26.9 Å². The standard InChI is InChI=1S/C10H16N2O2.C2H6/c1-8-6-9(12(2)7-8)10(13)11-4-5-14-3;1-2/h6-7H,4-5H2,1-3H3,(H,11,13);1-2H3. The number of aryl methyl sites for hydroxylation is 2. The summed E-state index contributed by atoms with van der Waals surface area (Å²) in [4.78, 5) is 11.6. The number of amides is 1. The van der Waals surface area contributed by atoms with E-state index >= 15 is 0 Å². The number of nitrogens with one attached hydrogen (secondary N) is 1. The Hall–Kier alpha value is -1.29. The molecule has 1 rings (SSSR count). The van der Waals surface area contributed by atoms with Crippen LogP contribution in [0.3, 0.4) is 0 Å². The van der Waals surface area contributed by atoms with Gasteiger partial charge in [-0.05, 0) is 18.6 Å². The van der Waals surface area contributed by atoms with Gasteiger partial charge in [-0.2, -0.15) is 0 Å². The lowest BCUT2D eigenvalue weighted by atomic mass is 10.3. The molecule has 0 aliphatic carbocycles. The van der Waals surface area contributed by atoms with Crippen LogP contribution in [0, 0.1) is 6.92 Å². The van der Waals surface area contributed by atoms with Gasteiger partial charge in [-0.3, -0.25) is 4.79 Å². The first-order valence-corrected chi connectivity index (χ1v) is 5.55. The fourth-order valence-electron chi connectivity index (χ4n) is 1.31. The molecule has 1 amide bonds. The molecule has 0 saturated heterocycles. The third-order valence-corrected chi connectivity index (χ3v) is 1.97. The van der Waals surface area contributed by atoms with Crippen molar-refractivity contribution in [2.75, 3.05) is 20.3 Å². The maximum Gasteiger partial charge on any atom is 0.267 e. The molecule has 16 heavy (non-hydrogen) atoms. The quantitative estimate of drug-likeness (QED) is 0.795. The summed E-state index contributed by atoms with van der Waals surface area (Å²) in [6.45, 7) is 7.04. The zero-order valence-electron chi connectivity index (χ0n) is 10.8. The van der Waals surface area contributed by atoms with E-state index in [4.69, 9.17) is 4.74 Å². The summed E-state index contributed by atoms with van der Waals surface area (Å²) >= 11 is 0. The third kappa shape index (κ3) is 4.49. The minimum Gasteiger partial charge on any atom is -0.383 e. The lowest BCUT2D eigenvalue weighted by Gasteiger charge is -2.04. The monoisotopic (exact) mass is 226 g/mol. The molecule has 0 spiro atoms. The lowest BCUT2D eigenvalue weighted by Crippen LogP contribution is -2.28. The van der Waals surface area contributed by atoms with E-state index in [-0.39, 0.29) is 5.91 Å². The number of carbonyl (C=O) groups is 1. The van der Waals surface area contributed by atoms with E-state index < -0.39 is 0 Å². The highest BCUT2D eigenvalue weighted by atomic mass is 16.5. The Morgan fingerprint density at radius 2 is 2.12 bits per heavy atom. The van der Waals surface area contributed by atoms with Crippen LogP contribution in [0.1, 0.15) is 29.9 Å². The van der Waals surface area contributed by atoms with Crippen LogP contribution in [0.2, 0.25) is 0 Å². The number of methoxy groups -OCH3 is 1. The maximum atomic E-state index is 11.6. The van der Waals surface area contributed by atoms with Gasteiger partial charge in [0.2, 0.25) is 0 Å². The predicted molar refractivity (Wildman–Crippen MR) is 65.7 cm³/mol. The van der Waals surface area contributed by atoms with Crippen molar-refractivity contribution < 1.29 is 9.53 Å². The van der Waals surface area contributed by atoms with Gasteiger partial charge in [-0.25, -0.2) is 0 Å². The molecule has 0 aromatic carbocycles. The van der Waals surface area contributed by atoms with Gasteiger partial charge in [0.05, 0.1) is 6.61 Å². The minimum absolute atomic E-state index is 0.0577. The second kappa shape index (κ2) is 7.93. The van der Waals surface area contributed by atoms with Gasteiger partial charge in [-0.15, -0.1) is 0 Å². The molecule has 0 unspecified atom stereocenters. The SMILES string of the molecule is CC.COCCNC(=O)c1cc(C)cn1C. The normalized spacial score (nSPS) is 9.31. The van der Waals surface area contributed by atoms with Crippen LogP contribution in [0.25, 0.3) is 0 Å². The van der Waals surface area contributed by atoms with Crippen LogP contribution in [0.4, 0.5) is 0 Å². The van der Waals surface area contributed by atoms with Crippen LogP contribution >= 0.6 is 0 Å². The summed E-state index contributed by atoms with van der Waals surface area (Å²) in [5, 5.41) is 2.77. The molecule has 4 nitrogen and oxygen atoms in total. The largest absolute Gasteiger partial charge is 0.383 e. The van der Waals surface area contributed by atoms with E-state index in [1.165, 1.54) is 0 Å². The van der Waals surface area contributed by atoms with Crippen molar-refractivity contribution in [3.8, 4) is 0 Å². The highest BCUT2D eigenvalue weighted by molar-refractivity contribution is 5.92. The van der Waals surface area contributed by atoms with Gasteiger partial charge < -0.3 is 14.6 Å². The Labute approximate surface area is 97.6 Å². The van der Waals surface area contributed by atoms with Crippen molar-refractivity contribution >= 4 is 5.91 Å². The van der Waals surface area contributed by atoms with Crippen molar-refractivity contribution in [1.29, 1.82) is 0 Å². The molecule has 0 aliphatic heterocycles. The molecule has 1 aromatic rings. The van der Waals surface area contributed by atoms with E-state index in [0.717, 1.165) is 5.56 Å².